The summed E-state index contributed by atoms with van der Waals surface area (Å²) >= 11 is 5.83. The van der Waals surface area contributed by atoms with E-state index in [0.29, 0.717) is 11.6 Å². The number of carbonyl (C=O) groups is 1. The van der Waals surface area contributed by atoms with Crippen molar-refractivity contribution >= 4 is 17.6 Å². The van der Waals surface area contributed by atoms with Crippen molar-refractivity contribution in [3.05, 3.63) is 52.8 Å². The predicted octanol–water partition coefficient (Wildman–Crippen LogP) is 3.09. The number of hydrogen-bond acceptors (Lipinski definition) is 2. The van der Waals surface area contributed by atoms with E-state index >= 15 is 0 Å². The molecule has 0 atom stereocenters. The summed E-state index contributed by atoms with van der Waals surface area (Å²) in [5, 5.41) is 9.49. The molecule has 0 radical (unpaired) electrons. The van der Waals surface area contributed by atoms with Crippen molar-refractivity contribution in [3.8, 4) is 5.75 Å². The Morgan fingerprint density at radius 1 is 1.37 bits per heavy atom. The quantitative estimate of drug-likeness (QED) is 0.915. The van der Waals surface area contributed by atoms with Crippen LogP contribution in [0.5, 0.6) is 5.75 Å². The lowest BCUT2D eigenvalue weighted by Gasteiger charge is -2.07. The third-order valence-corrected chi connectivity index (χ3v) is 3.09. The van der Waals surface area contributed by atoms with E-state index in [4.69, 9.17) is 21.4 Å². The SMILES string of the molecule is COc1ccc(CCn2cc(Cl)cc2C(=O)O)cc1. The van der Waals surface area contributed by atoms with Gasteiger partial charge >= 0.3 is 5.97 Å². The van der Waals surface area contributed by atoms with E-state index < -0.39 is 5.97 Å². The van der Waals surface area contributed by atoms with Crippen LogP contribution in [0.15, 0.2) is 36.5 Å². The van der Waals surface area contributed by atoms with Gasteiger partial charge in [-0.05, 0) is 30.2 Å². The number of carboxylic acid groups (broad SMARTS) is 1. The van der Waals surface area contributed by atoms with Gasteiger partial charge in [0.15, 0.2) is 0 Å². The van der Waals surface area contributed by atoms with E-state index in [2.05, 4.69) is 0 Å². The van der Waals surface area contributed by atoms with Crippen molar-refractivity contribution in [2.24, 2.45) is 0 Å². The van der Waals surface area contributed by atoms with E-state index in [1.165, 1.54) is 6.07 Å². The van der Waals surface area contributed by atoms with Gasteiger partial charge in [0.25, 0.3) is 0 Å². The number of rotatable bonds is 5. The highest BCUT2D eigenvalue weighted by molar-refractivity contribution is 6.30. The number of methoxy groups -OCH3 is 1. The second-order valence-electron chi connectivity index (χ2n) is 4.14. The zero-order chi connectivity index (χ0) is 13.8. The molecule has 1 heterocycles. The molecule has 4 nitrogen and oxygen atoms in total. The monoisotopic (exact) mass is 279 g/mol. The summed E-state index contributed by atoms with van der Waals surface area (Å²) in [7, 11) is 1.62. The maximum absolute atomic E-state index is 11.0. The smallest absolute Gasteiger partial charge is 0.352 e. The molecule has 0 fully saturated rings. The van der Waals surface area contributed by atoms with Crippen molar-refractivity contribution in [1.82, 2.24) is 4.57 Å². The van der Waals surface area contributed by atoms with E-state index in [1.807, 2.05) is 24.3 Å². The Labute approximate surface area is 116 Å². The van der Waals surface area contributed by atoms with Gasteiger partial charge in [-0.3, -0.25) is 0 Å². The van der Waals surface area contributed by atoms with Gasteiger partial charge in [-0.25, -0.2) is 4.79 Å². The highest BCUT2D eigenvalue weighted by Crippen LogP contribution is 2.16. The van der Waals surface area contributed by atoms with Crippen LogP contribution in [0.1, 0.15) is 16.1 Å². The molecule has 0 spiro atoms. The Bertz CT molecular complexity index is 575. The summed E-state index contributed by atoms with van der Waals surface area (Å²) in [6.07, 6.45) is 2.36. The van der Waals surface area contributed by atoms with E-state index in [-0.39, 0.29) is 5.69 Å². The van der Waals surface area contributed by atoms with Gasteiger partial charge in [0, 0.05) is 12.7 Å². The minimum atomic E-state index is -0.971. The standard InChI is InChI=1S/C14H14ClNO3/c1-19-12-4-2-10(3-5-12)6-7-16-9-11(15)8-13(16)14(17)18/h2-5,8-9H,6-7H2,1H3,(H,17,18). The van der Waals surface area contributed by atoms with Crippen LogP contribution in [0.25, 0.3) is 0 Å². The fourth-order valence-electron chi connectivity index (χ4n) is 1.88. The van der Waals surface area contributed by atoms with Crippen molar-refractivity contribution in [2.75, 3.05) is 7.11 Å². The third-order valence-electron chi connectivity index (χ3n) is 2.88. The van der Waals surface area contributed by atoms with Crippen LogP contribution in [0, 0.1) is 0 Å². The van der Waals surface area contributed by atoms with Crippen LogP contribution < -0.4 is 4.74 Å². The van der Waals surface area contributed by atoms with Crippen LogP contribution >= 0.6 is 11.6 Å². The first-order valence-electron chi connectivity index (χ1n) is 5.82. The fraction of sp³-hybridized carbons (Fsp3) is 0.214. The molecule has 2 rings (SSSR count). The second kappa shape index (κ2) is 5.80. The topological polar surface area (TPSA) is 51.5 Å². The zero-order valence-electron chi connectivity index (χ0n) is 10.5. The van der Waals surface area contributed by atoms with Crippen molar-refractivity contribution in [3.63, 3.8) is 0 Å². The highest BCUT2D eigenvalue weighted by atomic mass is 35.5. The fourth-order valence-corrected chi connectivity index (χ4v) is 2.10. The van der Waals surface area contributed by atoms with Gasteiger partial charge in [-0.2, -0.15) is 0 Å². The van der Waals surface area contributed by atoms with Gasteiger partial charge in [-0.15, -0.1) is 0 Å². The Kier molecular flexibility index (Phi) is 4.12. The van der Waals surface area contributed by atoms with E-state index in [1.54, 1.807) is 17.9 Å². The molecule has 0 saturated carbocycles. The van der Waals surface area contributed by atoms with Crippen molar-refractivity contribution in [2.45, 2.75) is 13.0 Å². The summed E-state index contributed by atoms with van der Waals surface area (Å²) in [5.74, 6) is -0.166. The summed E-state index contributed by atoms with van der Waals surface area (Å²) in [6, 6.07) is 9.15. The molecule has 0 saturated heterocycles. The number of aromatic nitrogens is 1. The van der Waals surface area contributed by atoms with Gasteiger partial charge in [0.05, 0.1) is 12.1 Å². The molecule has 19 heavy (non-hydrogen) atoms. The minimum Gasteiger partial charge on any atom is -0.497 e. The average Bonchev–Trinajstić information content (AvgIpc) is 2.78. The van der Waals surface area contributed by atoms with Crippen molar-refractivity contribution < 1.29 is 14.6 Å². The number of carboxylic acids is 1. The zero-order valence-corrected chi connectivity index (χ0v) is 11.2. The maximum Gasteiger partial charge on any atom is 0.352 e. The summed E-state index contributed by atoms with van der Waals surface area (Å²) in [6.45, 7) is 0.570. The number of aromatic carboxylic acids is 1. The lowest BCUT2D eigenvalue weighted by molar-refractivity contribution is 0.0685. The first-order chi connectivity index (χ1) is 9.10. The molecule has 1 aromatic carbocycles. The molecule has 0 aliphatic carbocycles. The van der Waals surface area contributed by atoms with Gasteiger partial charge < -0.3 is 14.4 Å². The first-order valence-corrected chi connectivity index (χ1v) is 6.20. The maximum atomic E-state index is 11.0. The van der Waals surface area contributed by atoms with Crippen LogP contribution in [0.4, 0.5) is 0 Å². The summed E-state index contributed by atoms with van der Waals surface area (Å²) in [4.78, 5) is 11.0. The molecule has 2 aromatic rings. The Morgan fingerprint density at radius 3 is 2.63 bits per heavy atom. The van der Waals surface area contributed by atoms with Gasteiger partial charge in [0.1, 0.15) is 11.4 Å². The number of benzene rings is 1. The molecule has 0 aliphatic rings. The molecule has 1 N–H and O–H groups in total. The molecule has 0 bridgehead atoms. The third kappa shape index (κ3) is 3.29. The Hall–Kier alpha value is -1.94. The largest absolute Gasteiger partial charge is 0.497 e. The molecular formula is C14H14ClNO3. The molecule has 100 valence electrons. The highest BCUT2D eigenvalue weighted by Gasteiger charge is 2.11. The number of halogens is 1. The number of ether oxygens (including phenoxy) is 1. The molecule has 0 aliphatic heterocycles. The number of aryl methyl sites for hydroxylation is 2. The molecule has 5 heteroatoms. The van der Waals surface area contributed by atoms with Crippen LogP contribution in [-0.2, 0) is 13.0 Å². The number of nitrogens with zero attached hydrogens (tertiary/aromatic N) is 1. The normalized spacial score (nSPS) is 10.4. The lowest BCUT2D eigenvalue weighted by Crippen LogP contribution is -2.09. The van der Waals surface area contributed by atoms with Gasteiger partial charge in [-0.1, -0.05) is 23.7 Å². The van der Waals surface area contributed by atoms with Crippen LogP contribution in [0.2, 0.25) is 5.02 Å². The molecule has 1 aromatic heterocycles. The van der Waals surface area contributed by atoms with Crippen LogP contribution in [0.3, 0.4) is 0 Å². The summed E-state index contributed by atoms with van der Waals surface area (Å²) in [5.41, 5.74) is 1.32. The second-order valence-corrected chi connectivity index (χ2v) is 4.58. The molecule has 0 amide bonds. The van der Waals surface area contributed by atoms with E-state index in [0.717, 1.165) is 17.7 Å². The predicted molar refractivity (Wildman–Crippen MR) is 73.1 cm³/mol. The average molecular weight is 280 g/mol. The van der Waals surface area contributed by atoms with Crippen LogP contribution in [-0.4, -0.2) is 22.8 Å². The van der Waals surface area contributed by atoms with E-state index in [9.17, 15) is 4.79 Å². The minimum absolute atomic E-state index is 0.207. The first kappa shape index (κ1) is 13.5. The molecule has 0 unspecified atom stereocenters. The lowest BCUT2D eigenvalue weighted by atomic mass is 10.1. The number of hydrogen-bond donors (Lipinski definition) is 1. The van der Waals surface area contributed by atoms with Gasteiger partial charge in [0.2, 0.25) is 0 Å². The van der Waals surface area contributed by atoms with Crippen molar-refractivity contribution in [1.29, 1.82) is 0 Å². The Balaban J connectivity index is 2.07. The summed E-state index contributed by atoms with van der Waals surface area (Å²) < 4.78 is 6.73. The Morgan fingerprint density at radius 2 is 2.05 bits per heavy atom. The molecular weight excluding hydrogens is 266 g/mol.